The van der Waals surface area contributed by atoms with Gasteiger partial charge in [-0.05, 0) is 74.9 Å². The van der Waals surface area contributed by atoms with E-state index in [-0.39, 0.29) is 11.5 Å². The maximum atomic E-state index is 13.0. The maximum absolute atomic E-state index is 13.0. The Labute approximate surface area is 190 Å². The molecule has 32 heavy (non-hydrogen) atoms. The number of aromatic nitrogens is 2. The summed E-state index contributed by atoms with van der Waals surface area (Å²) in [5, 5.41) is 3.98. The van der Waals surface area contributed by atoms with Gasteiger partial charge in [0.1, 0.15) is 11.6 Å². The predicted molar refractivity (Wildman–Crippen MR) is 127 cm³/mol. The smallest absolute Gasteiger partial charge is 0.265 e. The van der Waals surface area contributed by atoms with Crippen LogP contribution >= 0.6 is 11.6 Å². The number of benzene rings is 3. The number of fused-ring (bicyclic) bond motifs is 1. The Morgan fingerprint density at radius 1 is 1.06 bits per heavy atom. The molecule has 4 aromatic rings. The van der Waals surface area contributed by atoms with Gasteiger partial charge in [-0.2, -0.15) is 0 Å². The van der Waals surface area contributed by atoms with Crippen molar-refractivity contribution < 1.29 is 9.53 Å². The molecule has 0 radical (unpaired) electrons. The number of nitrogens with one attached hydrogen (secondary N) is 1. The van der Waals surface area contributed by atoms with Crippen molar-refractivity contribution in [2.24, 2.45) is 0 Å². The minimum Gasteiger partial charge on any atom is -0.481 e. The molecule has 0 aliphatic rings. The first-order valence-corrected chi connectivity index (χ1v) is 10.5. The van der Waals surface area contributed by atoms with Crippen molar-refractivity contribution in [2.45, 2.75) is 26.9 Å². The molecule has 3 aromatic carbocycles. The number of carbonyl (C=O) groups excluding carboxylic acids is 1. The maximum Gasteiger partial charge on any atom is 0.265 e. The van der Waals surface area contributed by atoms with Gasteiger partial charge in [-0.1, -0.05) is 29.8 Å². The number of rotatable bonds is 5. The van der Waals surface area contributed by atoms with Crippen LogP contribution in [0.3, 0.4) is 0 Å². The Bertz CT molecular complexity index is 1380. The van der Waals surface area contributed by atoms with Crippen molar-refractivity contribution in [2.75, 3.05) is 5.32 Å². The molecule has 0 aliphatic carbocycles. The third-order valence-electron chi connectivity index (χ3n) is 5.15. The Balaban J connectivity index is 1.57. The number of anilines is 1. The van der Waals surface area contributed by atoms with E-state index < -0.39 is 6.10 Å². The van der Waals surface area contributed by atoms with E-state index >= 15 is 0 Å². The molecule has 0 fully saturated rings. The number of hydrogen-bond acceptors (Lipinski definition) is 4. The highest BCUT2D eigenvalue weighted by molar-refractivity contribution is 6.30. The SMILES string of the molecule is Cc1cc(-n2c(C)nc3ccccc3c2=O)ccc1NC(=O)[C@@H](C)Oc1cccc(Cl)c1. The second-order valence-corrected chi connectivity index (χ2v) is 7.96. The summed E-state index contributed by atoms with van der Waals surface area (Å²) in [7, 11) is 0. The molecule has 7 heteroatoms. The van der Waals surface area contributed by atoms with Gasteiger partial charge in [-0.25, -0.2) is 4.98 Å². The topological polar surface area (TPSA) is 73.2 Å². The van der Waals surface area contributed by atoms with Crippen molar-refractivity contribution >= 4 is 34.1 Å². The van der Waals surface area contributed by atoms with E-state index in [2.05, 4.69) is 10.3 Å². The van der Waals surface area contributed by atoms with Crippen LogP contribution in [0, 0.1) is 13.8 Å². The minimum absolute atomic E-state index is 0.132. The normalized spacial score (nSPS) is 11.9. The zero-order valence-corrected chi connectivity index (χ0v) is 18.7. The number of nitrogens with zero attached hydrogens (tertiary/aromatic N) is 2. The highest BCUT2D eigenvalue weighted by atomic mass is 35.5. The molecule has 4 rings (SSSR count). The van der Waals surface area contributed by atoms with Crippen LogP contribution in [0.4, 0.5) is 5.69 Å². The van der Waals surface area contributed by atoms with E-state index in [1.807, 2.05) is 31.2 Å². The molecule has 1 aromatic heterocycles. The van der Waals surface area contributed by atoms with Crippen molar-refractivity contribution in [1.29, 1.82) is 0 Å². The fraction of sp³-hybridized carbons (Fsp3) is 0.160. The molecule has 0 aliphatic heterocycles. The van der Waals surface area contributed by atoms with Crippen molar-refractivity contribution in [3.05, 3.63) is 93.5 Å². The number of carbonyl (C=O) groups is 1. The summed E-state index contributed by atoms with van der Waals surface area (Å²) in [4.78, 5) is 30.2. The van der Waals surface area contributed by atoms with Gasteiger partial charge in [-0.3, -0.25) is 14.2 Å². The molecule has 1 amide bonds. The third kappa shape index (κ3) is 4.36. The van der Waals surface area contributed by atoms with E-state index in [9.17, 15) is 9.59 Å². The average molecular weight is 448 g/mol. The zero-order valence-electron chi connectivity index (χ0n) is 17.9. The summed E-state index contributed by atoms with van der Waals surface area (Å²) in [5.74, 6) is 0.820. The fourth-order valence-electron chi connectivity index (χ4n) is 3.51. The number of amides is 1. The predicted octanol–water partition coefficient (Wildman–Crippen LogP) is 5.06. The van der Waals surface area contributed by atoms with Crippen LogP contribution in [0.5, 0.6) is 5.75 Å². The number of para-hydroxylation sites is 1. The van der Waals surface area contributed by atoms with E-state index in [0.717, 1.165) is 5.56 Å². The van der Waals surface area contributed by atoms with Crippen molar-refractivity contribution in [3.63, 3.8) is 0 Å². The number of hydrogen-bond donors (Lipinski definition) is 1. The molecule has 1 heterocycles. The average Bonchev–Trinajstić information content (AvgIpc) is 2.75. The van der Waals surface area contributed by atoms with Gasteiger partial charge < -0.3 is 10.1 Å². The summed E-state index contributed by atoms with van der Waals surface area (Å²) in [6, 6.07) is 19.6. The second-order valence-electron chi connectivity index (χ2n) is 7.52. The molecule has 0 saturated heterocycles. The van der Waals surface area contributed by atoms with Crippen LogP contribution in [0.25, 0.3) is 16.6 Å². The first-order valence-electron chi connectivity index (χ1n) is 10.2. The second kappa shape index (κ2) is 8.85. The molecule has 162 valence electrons. The Morgan fingerprint density at radius 2 is 1.84 bits per heavy atom. The van der Waals surface area contributed by atoms with Crippen LogP contribution in [-0.2, 0) is 4.79 Å². The summed E-state index contributed by atoms with van der Waals surface area (Å²) in [5.41, 5.74) is 2.67. The van der Waals surface area contributed by atoms with Crippen LogP contribution in [0.1, 0.15) is 18.3 Å². The highest BCUT2D eigenvalue weighted by Crippen LogP contribution is 2.22. The van der Waals surface area contributed by atoms with Gasteiger partial charge in [0.2, 0.25) is 0 Å². The quantitative estimate of drug-likeness (QED) is 0.464. The summed E-state index contributed by atoms with van der Waals surface area (Å²) >= 11 is 5.97. The first kappa shape index (κ1) is 21.6. The zero-order chi connectivity index (χ0) is 22.8. The van der Waals surface area contributed by atoms with Crippen LogP contribution in [-0.4, -0.2) is 21.6 Å². The fourth-order valence-corrected chi connectivity index (χ4v) is 3.69. The van der Waals surface area contributed by atoms with Gasteiger partial charge in [0.15, 0.2) is 6.10 Å². The molecule has 0 bridgehead atoms. The molecular weight excluding hydrogens is 426 g/mol. The largest absolute Gasteiger partial charge is 0.481 e. The van der Waals surface area contributed by atoms with Gasteiger partial charge in [0.25, 0.3) is 11.5 Å². The number of ether oxygens (including phenoxy) is 1. The van der Waals surface area contributed by atoms with Crippen LogP contribution < -0.4 is 15.6 Å². The molecular formula is C25H22ClN3O3. The lowest BCUT2D eigenvalue weighted by molar-refractivity contribution is -0.122. The lowest BCUT2D eigenvalue weighted by Crippen LogP contribution is -2.30. The molecule has 6 nitrogen and oxygen atoms in total. The van der Waals surface area contributed by atoms with Gasteiger partial charge in [0.05, 0.1) is 16.6 Å². The highest BCUT2D eigenvalue weighted by Gasteiger charge is 2.17. The number of halogens is 1. The molecule has 0 saturated carbocycles. The van der Waals surface area contributed by atoms with E-state index in [0.29, 0.717) is 38.9 Å². The van der Waals surface area contributed by atoms with Crippen LogP contribution in [0.15, 0.2) is 71.5 Å². The van der Waals surface area contributed by atoms with E-state index in [1.54, 1.807) is 60.9 Å². The standard InChI is InChI=1S/C25H22ClN3O3/c1-15-13-19(29-17(3)27-23-10-5-4-9-21(23)25(29)31)11-12-22(15)28-24(30)16(2)32-20-8-6-7-18(26)14-20/h4-14,16H,1-3H3,(H,28,30)/t16-/m1/s1. The monoisotopic (exact) mass is 447 g/mol. The Morgan fingerprint density at radius 3 is 2.59 bits per heavy atom. The molecule has 0 unspecified atom stereocenters. The van der Waals surface area contributed by atoms with Gasteiger partial charge in [0, 0.05) is 10.7 Å². The molecule has 0 spiro atoms. The molecule has 1 atom stereocenters. The summed E-state index contributed by atoms with van der Waals surface area (Å²) < 4.78 is 7.26. The van der Waals surface area contributed by atoms with Crippen molar-refractivity contribution in [1.82, 2.24) is 9.55 Å². The minimum atomic E-state index is -0.720. The first-order chi connectivity index (χ1) is 15.3. The Kier molecular flexibility index (Phi) is 5.97. The lowest BCUT2D eigenvalue weighted by atomic mass is 10.1. The lowest BCUT2D eigenvalue weighted by Gasteiger charge is -2.17. The number of aryl methyl sites for hydroxylation is 2. The Hall–Kier alpha value is -3.64. The summed E-state index contributed by atoms with van der Waals surface area (Å²) in [6.07, 6.45) is -0.720. The third-order valence-corrected chi connectivity index (χ3v) is 5.38. The van der Waals surface area contributed by atoms with Gasteiger partial charge in [-0.15, -0.1) is 0 Å². The van der Waals surface area contributed by atoms with Crippen molar-refractivity contribution in [3.8, 4) is 11.4 Å². The van der Waals surface area contributed by atoms with Gasteiger partial charge >= 0.3 is 0 Å². The van der Waals surface area contributed by atoms with E-state index in [1.165, 1.54) is 0 Å². The molecule has 1 N–H and O–H groups in total. The van der Waals surface area contributed by atoms with Crippen LogP contribution in [0.2, 0.25) is 5.02 Å². The summed E-state index contributed by atoms with van der Waals surface area (Å²) in [6.45, 7) is 5.34. The van der Waals surface area contributed by atoms with E-state index in [4.69, 9.17) is 16.3 Å².